The van der Waals surface area contributed by atoms with Crippen molar-refractivity contribution in [2.75, 3.05) is 25.0 Å². The van der Waals surface area contributed by atoms with Gasteiger partial charge < -0.3 is 16.0 Å². The Balaban J connectivity index is 1.85. The van der Waals surface area contributed by atoms with Crippen LogP contribution >= 0.6 is 0 Å². The van der Waals surface area contributed by atoms with Crippen LogP contribution in [0.5, 0.6) is 0 Å². The number of anilines is 1. The van der Waals surface area contributed by atoms with Gasteiger partial charge in [0, 0.05) is 24.3 Å². The molecule has 5 nitrogen and oxygen atoms in total. The number of hydrogen-bond donors (Lipinski definition) is 2. The Kier molecular flexibility index (Phi) is 4.61. The van der Waals surface area contributed by atoms with Crippen molar-refractivity contribution < 1.29 is 9.59 Å². The number of benzene rings is 1. The fourth-order valence-corrected chi connectivity index (χ4v) is 2.46. The van der Waals surface area contributed by atoms with Gasteiger partial charge in [0.15, 0.2) is 0 Å². The average molecular weight is 275 g/mol. The normalized spacial score (nSPS) is 18.6. The standard InChI is InChI=1S/C15H21N3O2/c1-11-3-2-8-18(10-11)14(19)9-17-13-6-4-12(5-7-13)15(16)20/h4-7,11,17H,2-3,8-10H2,1H3,(H2,16,20). The van der Waals surface area contributed by atoms with Gasteiger partial charge in [-0.1, -0.05) is 6.92 Å². The fraction of sp³-hybridized carbons (Fsp3) is 0.467. The van der Waals surface area contributed by atoms with Crippen molar-refractivity contribution in [3.8, 4) is 0 Å². The van der Waals surface area contributed by atoms with Gasteiger partial charge in [-0.15, -0.1) is 0 Å². The zero-order chi connectivity index (χ0) is 14.5. The Morgan fingerprint density at radius 3 is 2.65 bits per heavy atom. The lowest BCUT2D eigenvalue weighted by molar-refractivity contribution is -0.130. The highest BCUT2D eigenvalue weighted by Gasteiger charge is 2.20. The van der Waals surface area contributed by atoms with Gasteiger partial charge >= 0.3 is 0 Å². The van der Waals surface area contributed by atoms with Crippen molar-refractivity contribution >= 4 is 17.5 Å². The number of carbonyl (C=O) groups excluding carboxylic acids is 2. The van der Waals surface area contributed by atoms with Crippen molar-refractivity contribution in [3.05, 3.63) is 29.8 Å². The zero-order valence-corrected chi connectivity index (χ0v) is 11.8. The van der Waals surface area contributed by atoms with Crippen LogP contribution in [-0.2, 0) is 4.79 Å². The van der Waals surface area contributed by atoms with Gasteiger partial charge in [0.25, 0.3) is 0 Å². The molecule has 0 aromatic heterocycles. The number of primary amides is 1. The fourth-order valence-electron chi connectivity index (χ4n) is 2.46. The van der Waals surface area contributed by atoms with Crippen molar-refractivity contribution in [2.45, 2.75) is 19.8 Å². The van der Waals surface area contributed by atoms with Crippen LogP contribution < -0.4 is 11.1 Å². The van der Waals surface area contributed by atoms with E-state index in [1.807, 2.05) is 4.90 Å². The molecule has 108 valence electrons. The van der Waals surface area contributed by atoms with Crippen LogP contribution in [0.2, 0.25) is 0 Å². The molecule has 1 unspecified atom stereocenters. The molecule has 1 atom stereocenters. The summed E-state index contributed by atoms with van der Waals surface area (Å²) in [5.41, 5.74) is 6.45. The molecule has 1 aliphatic heterocycles. The summed E-state index contributed by atoms with van der Waals surface area (Å²) in [7, 11) is 0. The van der Waals surface area contributed by atoms with E-state index >= 15 is 0 Å². The molecule has 0 saturated carbocycles. The summed E-state index contributed by atoms with van der Waals surface area (Å²) in [5.74, 6) is 0.257. The molecule has 5 heteroatoms. The molecule has 1 saturated heterocycles. The van der Waals surface area contributed by atoms with Crippen LogP contribution in [0.1, 0.15) is 30.1 Å². The number of likely N-dealkylation sites (tertiary alicyclic amines) is 1. The Labute approximate surface area is 119 Å². The molecular formula is C15H21N3O2. The van der Waals surface area contributed by atoms with E-state index in [-0.39, 0.29) is 12.5 Å². The van der Waals surface area contributed by atoms with Crippen LogP contribution in [0.25, 0.3) is 0 Å². The summed E-state index contributed by atoms with van der Waals surface area (Å²) in [4.78, 5) is 25.0. The number of amides is 2. The molecule has 0 aliphatic carbocycles. The van der Waals surface area contributed by atoms with Crippen LogP contribution in [0.4, 0.5) is 5.69 Å². The molecule has 3 N–H and O–H groups in total. The summed E-state index contributed by atoms with van der Waals surface area (Å²) in [6.07, 6.45) is 2.28. The predicted octanol–water partition coefficient (Wildman–Crippen LogP) is 1.46. The minimum atomic E-state index is -0.449. The highest BCUT2D eigenvalue weighted by Crippen LogP contribution is 2.15. The average Bonchev–Trinajstić information content (AvgIpc) is 2.45. The first-order valence-electron chi connectivity index (χ1n) is 6.98. The van der Waals surface area contributed by atoms with Gasteiger partial charge in [-0.05, 0) is 43.0 Å². The Morgan fingerprint density at radius 1 is 1.35 bits per heavy atom. The summed E-state index contributed by atoms with van der Waals surface area (Å²) in [6, 6.07) is 6.81. The Bertz CT molecular complexity index is 484. The smallest absolute Gasteiger partial charge is 0.248 e. The second-order valence-electron chi connectivity index (χ2n) is 5.38. The van der Waals surface area contributed by atoms with E-state index in [1.54, 1.807) is 24.3 Å². The van der Waals surface area contributed by atoms with Gasteiger partial charge in [0.05, 0.1) is 6.54 Å². The van der Waals surface area contributed by atoms with Crippen molar-refractivity contribution in [1.29, 1.82) is 0 Å². The van der Waals surface area contributed by atoms with E-state index in [1.165, 1.54) is 6.42 Å². The molecular weight excluding hydrogens is 254 g/mol. The van der Waals surface area contributed by atoms with Gasteiger partial charge in [-0.25, -0.2) is 0 Å². The number of rotatable bonds is 4. The minimum absolute atomic E-state index is 0.121. The topological polar surface area (TPSA) is 75.4 Å². The second-order valence-corrected chi connectivity index (χ2v) is 5.38. The first-order valence-corrected chi connectivity index (χ1v) is 6.98. The molecule has 0 bridgehead atoms. The van der Waals surface area contributed by atoms with E-state index in [4.69, 9.17) is 5.73 Å². The number of hydrogen-bond acceptors (Lipinski definition) is 3. The molecule has 1 aromatic rings. The lowest BCUT2D eigenvalue weighted by Crippen LogP contribution is -2.41. The predicted molar refractivity (Wildman–Crippen MR) is 78.4 cm³/mol. The van der Waals surface area contributed by atoms with Crippen molar-refractivity contribution in [3.63, 3.8) is 0 Å². The van der Waals surface area contributed by atoms with E-state index in [2.05, 4.69) is 12.2 Å². The van der Waals surface area contributed by atoms with E-state index in [0.29, 0.717) is 11.5 Å². The number of nitrogens with zero attached hydrogens (tertiary/aromatic N) is 1. The third kappa shape index (κ3) is 3.73. The summed E-state index contributed by atoms with van der Waals surface area (Å²) < 4.78 is 0. The van der Waals surface area contributed by atoms with E-state index in [9.17, 15) is 9.59 Å². The van der Waals surface area contributed by atoms with Gasteiger partial charge in [-0.3, -0.25) is 9.59 Å². The molecule has 2 amide bonds. The molecule has 1 aliphatic rings. The maximum atomic E-state index is 12.1. The van der Waals surface area contributed by atoms with Crippen molar-refractivity contribution in [2.24, 2.45) is 11.7 Å². The lowest BCUT2D eigenvalue weighted by atomic mass is 10.0. The molecule has 20 heavy (non-hydrogen) atoms. The van der Waals surface area contributed by atoms with Crippen LogP contribution in [0.3, 0.4) is 0 Å². The monoisotopic (exact) mass is 275 g/mol. The largest absolute Gasteiger partial charge is 0.376 e. The van der Waals surface area contributed by atoms with Crippen LogP contribution in [-0.4, -0.2) is 36.3 Å². The Morgan fingerprint density at radius 2 is 2.05 bits per heavy atom. The van der Waals surface area contributed by atoms with Crippen LogP contribution in [0.15, 0.2) is 24.3 Å². The van der Waals surface area contributed by atoms with Crippen molar-refractivity contribution in [1.82, 2.24) is 4.90 Å². The zero-order valence-electron chi connectivity index (χ0n) is 11.8. The highest BCUT2D eigenvalue weighted by molar-refractivity contribution is 5.93. The second kappa shape index (κ2) is 6.41. The first-order chi connectivity index (χ1) is 9.56. The molecule has 0 spiro atoms. The quantitative estimate of drug-likeness (QED) is 0.873. The minimum Gasteiger partial charge on any atom is -0.376 e. The summed E-state index contributed by atoms with van der Waals surface area (Å²) in [6.45, 7) is 4.16. The molecule has 1 aromatic carbocycles. The summed E-state index contributed by atoms with van der Waals surface area (Å²) >= 11 is 0. The van der Waals surface area contributed by atoms with Gasteiger partial charge in [-0.2, -0.15) is 0 Å². The Hall–Kier alpha value is -2.04. The molecule has 1 heterocycles. The molecule has 1 fully saturated rings. The van der Waals surface area contributed by atoms with Gasteiger partial charge in [0.2, 0.25) is 11.8 Å². The van der Waals surface area contributed by atoms with Crippen LogP contribution in [0, 0.1) is 5.92 Å². The number of nitrogens with one attached hydrogen (secondary N) is 1. The number of nitrogens with two attached hydrogens (primary N) is 1. The third-order valence-electron chi connectivity index (χ3n) is 3.62. The third-order valence-corrected chi connectivity index (χ3v) is 3.62. The van der Waals surface area contributed by atoms with E-state index in [0.717, 1.165) is 25.2 Å². The number of carbonyl (C=O) groups is 2. The molecule has 0 radical (unpaired) electrons. The van der Waals surface area contributed by atoms with Gasteiger partial charge in [0.1, 0.15) is 0 Å². The first kappa shape index (κ1) is 14.4. The molecule has 2 rings (SSSR count). The number of piperidine rings is 1. The maximum Gasteiger partial charge on any atom is 0.248 e. The summed E-state index contributed by atoms with van der Waals surface area (Å²) in [5, 5.41) is 3.08. The maximum absolute atomic E-state index is 12.1. The van der Waals surface area contributed by atoms with E-state index < -0.39 is 5.91 Å². The lowest BCUT2D eigenvalue weighted by Gasteiger charge is -2.31. The highest BCUT2D eigenvalue weighted by atomic mass is 16.2. The SMILES string of the molecule is CC1CCCN(C(=O)CNc2ccc(C(N)=O)cc2)C1.